The number of aliphatic hydroxyl groups is 1. The first kappa shape index (κ1) is 12.3. The van der Waals surface area contributed by atoms with Crippen LogP contribution in [0.25, 0.3) is 0 Å². The zero-order valence-corrected chi connectivity index (χ0v) is 10.9. The molecule has 5 nitrogen and oxygen atoms in total. The summed E-state index contributed by atoms with van der Waals surface area (Å²) in [6.45, 7) is 2.47. The molecule has 5 heteroatoms. The summed E-state index contributed by atoms with van der Waals surface area (Å²) in [4.78, 5) is 14.4. The van der Waals surface area contributed by atoms with Gasteiger partial charge in [-0.3, -0.25) is 4.79 Å². The van der Waals surface area contributed by atoms with Crippen molar-refractivity contribution in [1.29, 1.82) is 0 Å². The molecule has 1 aromatic rings. The van der Waals surface area contributed by atoms with E-state index in [2.05, 4.69) is 10.6 Å². The number of rotatable bonds is 2. The van der Waals surface area contributed by atoms with Crippen LogP contribution >= 0.6 is 0 Å². The van der Waals surface area contributed by atoms with Crippen LogP contribution in [0, 0.1) is 0 Å². The van der Waals surface area contributed by atoms with Crippen LogP contribution in [0.5, 0.6) is 0 Å². The zero-order chi connectivity index (χ0) is 13.2. The lowest BCUT2D eigenvalue weighted by Gasteiger charge is -2.27. The number of amides is 1. The average molecular weight is 261 g/mol. The van der Waals surface area contributed by atoms with Crippen LogP contribution in [-0.2, 0) is 0 Å². The Bertz CT molecular complexity index is 490. The molecule has 0 spiro atoms. The predicted molar refractivity (Wildman–Crippen MR) is 74.6 cm³/mol. The van der Waals surface area contributed by atoms with Gasteiger partial charge in [-0.25, -0.2) is 0 Å². The molecule has 19 heavy (non-hydrogen) atoms. The van der Waals surface area contributed by atoms with Gasteiger partial charge in [-0.2, -0.15) is 0 Å². The maximum absolute atomic E-state index is 12.6. The number of carbonyl (C=O) groups excluding carboxylic acids is 1. The second kappa shape index (κ2) is 5.09. The van der Waals surface area contributed by atoms with Gasteiger partial charge in [0.15, 0.2) is 0 Å². The summed E-state index contributed by atoms with van der Waals surface area (Å²) < 4.78 is 0. The molecular weight excluding hydrogens is 242 g/mol. The molecule has 0 radical (unpaired) electrons. The van der Waals surface area contributed by atoms with Gasteiger partial charge in [0.2, 0.25) is 0 Å². The van der Waals surface area contributed by atoms with Crippen LogP contribution in [0.4, 0.5) is 11.4 Å². The standard InChI is InChI=1S/C14H19N3O2/c18-9-10-3-2-8-17(10)14(19)11-4-1-5-12-13(11)16-7-6-15-12/h1,4-5,10,15-16,18H,2-3,6-9H2. The van der Waals surface area contributed by atoms with E-state index in [0.29, 0.717) is 5.56 Å². The lowest BCUT2D eigenvalue weighted by atomic mass is 10.1. The van der Waals surface area contributed by atoms with Crippen LogP contribution in [0.3, 0.4) is 0 Å². The highest BCUT2D eigenvalue weighted by Crippen LogP contribution is 2.30. The third kappa shape index (κ3) is 2.14. The lowest BCUT2D eigenvalue weighted by molar-refractivity contribution is 0.0678. The van der Waals surface area contributed by atoms with Gasteiger partial charge in [0.05, 0.1) is 29.6 Å². The minimum Gasteiger partial charge on any atom is -0.394 e. The molecule has 2 heterocycles. The van der Waals surface area contributed by atoms with E-state index in [1.807, 2.05) is 18.2 Å². The zero-order valence-electron chi connectivity index (χ0n) is 10.9. The van der Waals surface area contributed by atoms with Gasteiger partial charge < -0.3 is 20.6 Å². The second-order valence-corrected chi connectivity index (χ2v) is 5.06. The number of hydrogen-bond donors (Lipinski definition) is 3. The largest absolute Gasteiger partial charge is 0.394 e. The maximum Gasteiger partial charge on any atom is 0.256 e. The van der Waals surface area contributed by atoms with E-state index < -0.39 is 0 Å². The molecular formula is C14H19N3O2. The van der Waals surface area contributed by atoms with Crippen molar-refractivity contribution in [1.82, 2.24) is 4.90 Å². The van der Waals surface area contributed by atoms with Gasteiger partial charge in [0.1, 0.15) is 0 Å². The number of hydrogen-bond acceptors (Lipinski definition) is 4. The number of fused-ring (bicyclic) bond motifs is 1. The van der Waals surface area contributed by atoms with E-state index in [4.69, 9.17) is 0 Å². The molecule has 2 aliphatic heterocycles. The fraction of sp³-hybridized carbons (Fsp3) is 0.500. The molecule has 1 unspecified atom stereocenters. The molecule has 0 aromatic heterocycles. The van der Waals surface area contributed by atoms with Crippen molar-refractivity contribution in [2.24, 2.45) is 0 Å². The number of likely N-dealkylation sites (tertiary alicyclic amines) is 1. The summed E-state index contributed by atoms with van der Waals surface area (Å²) >= 11 is 0. The van der Waals surface area contributed by atoms with Gasteiger partial charge in [-0.1, -0.05) is 6.07 Å². The van der Waals surface area contributed by atoms with Gasteiger partial charge in [-0.05, 0) is 25.0 Å². The molecule has 1 fully saturated rings. The number of aliphatic hydroxyl groups excluding tert-OH is 1. The smallest absolute Gasteiger partial charge is 0.256 e. The van der Waals surface area contributed by atoms with Crippen molar-refractivity contribution >= 4 is 17.3 Å². The molecule has 3 N–H and O–H groups in total. The number of carbonyl (C=O) groups is 1. The molecule has 1 saturated heterocycles. The monoisotopic (exact) mass is 261 g/mol. The Morgan fingerprint density at radius 1 is 1.37 bits per heavy atom. The number of nitrogens with one attached hydrogen (secondary N) is 2. The fourth-order valence-electron chi connectivity index (χ4n) is 2.90. The van der Waals surface area contributed by atoms with Gasteiger partial charge in [0, 0.05) is 19.6 Å². The van der Waals surface area contributed by atoms with Crippen molar-refractivity contribution in [2.45, 2.75) is 18.9 Å². The SMILES string of the molecule is O=C(c1cccc2c1NCCN2)N1CCCC1CO. The van der Waals surface area contributed by atoms with Gasteiger partial charge >= 0.3 is 0 Å². The molecule has 0 bridgehead atoms. The Morgan fingerprint density at radius 2 is 2.21 bits per heavy atom. The molecule has 2 aliphatic rings. The highest BCUT2D eigenvalue weighted by molar-refractivity contribution is 6.03. The topological polar surface area (TPSA) is 64.6 Å². The number of nitrogens with zero attached hydrogens (tertiary/aromatic N) is 1. The van der Waals surface area contributed by atoms with E-state index >= 15 is 0 Å². The van der Waals surface area contributed by atoms with Crippen LogP contribution in [0.1, 0.15) is 23.2 Å². The van der Waals surface area contributed by atoms with E-state index in [-0.39, 0.29) is 18.6 Å². The minimum atomic E-state index is -0.0279. The van der Waals surface area contributed by atoms with E-state index in [0.717, 1.165) is 43.9 Å². The Kier molecular flexibility index (Phi) is 3.29. The average Bonchev–Trinajstić information content (AvgIpc) is 2.94. The van der Waals surface area contributed by atoms with Crippen LogP contribution in [0.15, 0.2) is 18.2 Å². The molecule has 102 valence electrons. The highest BCUT2D eigenvalue weighted by atomic mass is 16.3. The molecule has 0 saturated carbocycles. The third-order valence-corrected chi connectivity index (χ3v) is 3.89. The molecule has 1 aromatic carbocycles. The summed E-state index contributed by atoms with van der Waals surface area (Å²) in [6, 6.07) is 5.70. The van der Waals surface area contributed by atoms with Gasteiger partial charge in [-0.15, -0.1) is 0 Å². The molecule has 1 atom stereocenters. The Morgan fingerprint density at radius 3 is 3.05 bits per heavy atom. The third-order valence-electron chi connectivity index (χ3n) is 3.89. The quantitative estimate of drug-likeness (QED) is 0.746. The van der Waals surface area contributed by atoms with Crippen molar-refractivity contribution in [3.8, 4) is 0 Å². The summed E-state index contributed by atoms with van der Waals surface area (Å²) in [5.41, 5.74) is 2.57. The van der Waals surface area contributed by atoms with Gasteiger partial charge in [0.25, 0.3) is 5.91 Å². The minimum absolute atomic E-state index is 0.0181. The lowest BCUT2D eigenvalue weighted by Crippen LogP contribution is -2.38. The summed E-state index contributed by atoms with van der Waals surface area (Å²) in [7, 11) is 0. The van der Waals surface area contributed by atoms with Crippen LogP contribution in [-0.4, -0.2) is 48.2 Å². The predicted octanol–water partition coefficient (Wildman–Crippen LogP) is 1.12. The Labute approximate surface area is 112 Å². The van der Waals surface area contributed by atoms with Crippen molar-refractivity contribution in [3.05, 3.63) is 23.8 Å². The van der Waals surface area contributed by atoms with E-state index in [1.54, 1.807) is 4.90 Å². The Hall–Kier alpha value is -1.75. The molecule has 0 aliphatic carbocycles. The maximum atomic E-state index is 12.6. The van der Waals surface area contributed by atoms with Crippen molar-refractivity contribution < 1.29 is 9.90 Å². The fourth-order valence-corrected chi connectivity index (χ4v) is 2.90. The Balaban J connectivity index is 1.91. The van der Waals surface area contributed by atoms with Crippen molar-refractivity contribution in [2.75, 3.05) is 36.9 Å². The normalized spacial score (nSPS) is 21.5. The first-order valence-corrected chi connectivity index (χ1v) is 6.84. The summed E-state index contributed by atoms with van der Waals surface area (Å²) in [5, 5.41) is 15.9. The van der Waals surface area contributed by atoms with E-state index in [9.17, 15) is 9.90 Å². The van der Waals surface area contributed by atoms with E-state index in [1.165, 1.54) is 0 Å². The molecule has 1 amide bonds. The first-order chi connectivity index (χ1) is 9.31. The summed E-state index contributed by atoms with van der Waals surface area (Å²) in [6.07, 6.45) is 1.86. The first-order valence-electron chi connectivity index (χ1n) is 6.84. The van der Waals surface area contributed by atoms with Crippen molar-refractivity contribution in [3.63, 3.8) is 0 Å². The number of benzene rings is 1. The number of anilines is 2. The van der Waals surface area contributed by atoms with Crippen LogP contribution in [0.2, 0.25) is 0 Å². The number of para-hydroxylation sites is 1. The summed E-state index contributed by atoms with van der Waals surface area (Å²) in [5.74, 6) is 0.0181. The second-order valence-electron chi connectivity index (χ2n) is 5.06. The molecule has 3 rings (SSSR count). The van der Waals surface area contributed by atoms with Crippen LogP contribution < -0.4 is 10.6 Å². The highest BCUT2D eigenvalue weighted by Gasteiger charge is 2.30.